The van der Waals surface area contributed by atoms with E-state index in [2.05, 4.69) is 5.32 Å². The topological polar surface area (TPSA) is 77.1 Å². The summed E-state index contributed by atoms with van der Waals surface area (Å²) in [6.07, 6.45) is 0.501. The second kappa shape index (κ2) is 6.72. The first-order chi connectivity index (χ1) is 9.22. The lowest BCUT2D eigenvalue weighted by molar-refractivity contribution is -0.125. The van der Waals surface area contributed by atoms with Gasteiger partial charge in [-0.05, 0) is 6.42 Å². The molecular weight excluding hydrogens is 252 g/mol. The average molecular weight is 272 g/mol. The van der Waals surface area contributed by atoms with Crippen LogP contribution in [0.1, 0.15) is 6.42 Å². The zero-order valence-corrected chi connectivity index (χ0v) is 11.1. The normalized spacial score (nSPS) is 26.6. The van der Waals surface area contributed by atoms with Gasteiger partial charge in [0.1, 0.15) is 12.6 Å². The number of cyclic esters (lactones) is 1. The summed E-state index contributed by atoms with van der Waals surface area (Å²) in [4.78, 5) is 25.1. The summed E-state index contributed by atoms with van der Waals surface area (Å²) in [5.41, 5.74) is 0. The van der Waals surface area contributed by atoms with E-state index in [9.17, 15) is 9.59 Å². The van der Waals surface area contributed by atoms with Crippen molar-refractivity contribution in [2.45, 2.75) is 12.5 Å². The molecule has 7 nitrogen and oxygen atoms in total. The van der Waals surface area contributed by atoms with Crippen LogP contribution in [0.2, 0.25) is 0 Å². The van der Waals surface area contributed by atoms with E-state index < -0.39 is 12.1 Å². The van der Waals surface area contributed by atoms with E-state index in [1.54, 1.807) is 7.11 Å². The molecule has 2 heterocycles. The molecule has 2 aliphatic rings. The number of hydrogen-bond donors (Lipinski definition) is 1. The molecule has 0 radical (unpaired) electrons. The van der Waals surface area contributed by atoms with Crippen LogP contribution in [0.25, 0.3) is 0 Å². The third-order valence-corrected chi connectivity index (χ3v) is 3.36. The van der Waals surface area contributed by atoms with Gasteiger partial charge in [0.05, 0.1) is 13.2 Å². The van der Waals surface area contributed by atoms with Gasteiger partial charge in [-0.2, -0.15) is 0 Å². The van der Waals surface area contributed by atoms with E-state index in [1.165, 1.54) is 4.90 Å². The molecule has 1 N–H and O–H groups in total. The molecule has 2 fully saturated rings. The van der Waals surface area contributed by atoms with Gasteiger partial charge in [0, 0.05) is 32.7 Å². The third kappa shape index (κ3) is 3.57. The molecule has 0 aromatic heterocycles. The Bertz CT molecular complexity index is 330. The lowest BCUT2D eigenvalue weighted by Crippen LogP contribution is -2.48. The second-order valence-electron chi connectivity index (χ2n) is 4.76. The first-order valence-corrected chi connectivity index (χ1v) is 6.50. The van der Waals surface area contributed by atoms with Gasteiger partial charge in [-0.1, -0.05) is 0 Å². The first-order valence-electron chi connectivity index (χ1n) is 6.50. The average Bonchev–Trinajstić information content (AvgIpc) is 3.02. The largest absolute Gasteiger partial charge is 0.447 e. The van der Waals surface area contributed by atoms with Gasteiger partial charge in [-0.3, -0.25) is 9.69 Å². The standard InChI is InChI=1S/C12H20N2O5/c1-17-5-3-13-11(15)10-8-19-12(16)14(10)6-9-2-4-18-7-9/h9-10H,2-8H2,1H3,(H,13,15)/t9?,10-/m0/s1. The lowest BCUT2D eigenvalue weighted by atomic mass is 10.1. The van der Waals surface area contributed by atoms with E-state index in [0.717, 1.165) is 13.0 Å². The Kier molecular flexibility index (Phi) is 4.98. The minimum Gasteiger partial charge on any atom is -0.447 e. The molecule has 0 saturated carbocycles. The summed E-state index contributed by atoms with van der Waals surface area (Å²) in [5.74, 6) is 0.0988. The van der Waals surface area contributed by atoms with Crippen LogP contribution in [0.4, 0.5) is 4.79 Å². The zero-order chi connectivity index (χ0) is 13.7. The number of hydrogen-bond acceptors (Lipinski definition) is 5. The van der Waals surface area contributed by atoms with Gasteiger partial charge >= 0.3 is 6.09 Å². The summed E-state index contributed by atoms with van der Waals surface area (Å²) in [6.45, 7) is 2.87. The van der Waals surface area contributed by atoms with Crippen molar-refractivity contribution in [2.75, 3.05) is 46.6 Å². The zero-order valence-electron chi connectivity index (χ0n) is 11.1. The van der Waals surface area contributed by atoms with Crippen molar-refractivity contribution >= 4 is 12.0 Å². The summed E-state index contributed by atoms with van der Waals surface area (Å²) < 4.78 is 15.1. The van der Waals surface area contributed by atoms with Crippen LogP contribution in [0.5, 0.6) is 0 Å². The van der Waals surface area contributed by atoms with Crippen molar-refractivity contribution in [3.63, 3.8) is 0 Å². The molecule has 0 aromatic rings. The van der Waals surface area contributed by atoms with Gasteiger partial charge in [-0.25, -0.2) is 4.79 Å². The van der Waals surface area contributed by atoms with E-state index in [-0.39, 0.29) is 12.5 Å². The molecule has 2 rings (SSSR count). The Labute approximate surface area is 112 Å². The summed E-state index contributed by atoms with van der Waals surface area (Å²) in [5, 5.41) is 2.73. The fourth-order valence-electron chi connectivity index (χ4n) is 2.27. The van der Waals surface area contributed by atoms with Gasteiger partial charge in [0.15, 0.2) is 0 Å². The van der Waals surface area contributed by atoms with Crippen molar-refractivity contribution in [1.82, 2.24) is 10.2 Å². The Morgan fingerprint density at radius 1 is 1.53 bits per heavy atom. The first kappa shape index (κ1) is 14.1. The molecule has 2 amide bonds. The Morgan fingerprint density at radius 2 is 2.37 bits per heavy atom. The molecule has 2 saturated heterocycles. The van der Waals surface area contributed by atoms with Gasteiger partial charge in [0.2, 0.25) is 5.91 Å². The van der Waals surface area contributed by atoms with E-state index in [0.29, 0.717) is 32.2 Å². The van der Waals surface area contributed by atoms with Crippen molar-refractivity contribution < 1.29 is 23.8 Å². The summed E-state index contributed by atoms with van der Waals surface area (Å²) >= 11 is 0. The van der Waals surface area contributed by atoms with Gasteiger partial charge in [-0.15, -0.1) is 0 Å². The number of carbonyl (C=O) groups is 2. The molecule has 2 atom stereocenters. The van der Waals surface area contributed by atoms with E-state index in [4.69, 9.17) is 14.2 Å². The molecule has 7 heteroatoms. The highest BCUT2D eigenvalue weighted by Crippen LogP contribution is 2.19. The Morgan fingerprint density at radius 3 is 3.05 bits per heavy atom. The molecule has 19 heavy (non-hydrogen) atoms. The van der Waals surface area contributed by atoms with Crippen LogP contribution >= 0.6 is 0 Å². The SMILES string of the molecule is COCCNC(=O)[C@@H]1COC(=O)N1CC1CCOC1. The smallest absolute Gasteiger partial charge is 0.410 e. The molecule has 108 valence electrons. The second-order valence-corrected chi connectivity index (χ2v) is 4.76. The van der Waals surface area contributed by atoms with Gasteiger partial charge in [0.25, 0.3) is 0 Å². The predicted molar refractivity (Wildman–Crippen MR) is 65.7 cm³/mol. The Hall–Kier alpha value is -1.34. The highest BCUT2D eigenvalue weighted by molar-refractivity contribution is 5.87. The number of rotatable bonds is 6. The maximum atomic E-state index is 12.0. The minimum absolute atomic E-state index is 0.116. The minimum atomic E-state index is -0.537. The van der Waals surface area contributed by atoms with Crippen LogP contribution in [0.15, 0.2) is 0 Å². The maximum absolute atomic E-state index is 12.0. The molecule has 0 aromatic carbocycles. The molecule has 0 aliphatic carbocycles. The van der Waals surface area contributed by atoms with Crippen molar-refractivity contribution in [3.05, 3.63) is 0 Å². The molecular formula is C12H20N2O5. The third-order valence-electron chi connectivity index (χ3n) is 3.36. The quantitative estimate of drug-likeness (QED) is 0.666. The highest BCUT2D eigenvalue weighted by Gasteiger charge is 2.39. The van der Waals surface area contributed by atoms with Crippen LogP contribution in [-0.4, -0.2) is 69.6 Å². The fourth-order valence-corrected chi connectivity index (χ4v) is 2.27. The molecule has 0 spiro atoms. The van der Waals surface area contributed by atoms with Crippen LogP contribution in [0, 0.1) is 5.92 Å². The molecule has 1 unspecified atom stereocenters. The fraction of sp³-hybridized carbons (Fsp3) is 0.833. The number of carbonyl (C=O) groups excluding carboxylic acids is 2. The summed E-state index contributed by atoms with van der Waals surface area (Å²) in [7, 11) is 1.57. The van der Waals surface area contributed by atoms with Crippen molar-refractivity contribution in [1.29, 1.82) is 0 Å². The lowest BCUT2D eigenvalue weighted by Gasteiger charge is -2.23. The highest BCUT2D eigenvalue weighted by atomic mass is 16.6. The number of nitrogens with one attached hydrogen (secondary N) is 1. The van der Waals surface area contributed by atoms with Crippen LogP contribution < -0.4 is 5.32 Å². The number of nitrogens with zero attached hydrogens (tertiary/aromatic N) is 1. The molecule has 0 bridgehead atoms. The number of amides is 2. The number of methoxy groups -OCH3 is 1. The predicted octanol–water partition coefficient (Wildman–Crippen LogP) is -0.394. The Balaban J connectivity index is 1.86. The van der Waals surface area contributed by atoms with E-state index >= 15 is 0 Å². The molecule has 2 aliphatic heterocycles. The monoisotopic (exact) mass is 272 g/mol. The van der Waals surface area contributed by atoms with Crippen molar-refractivity contribution in [3.8, 4) is 0 Å². The van der Waals surface area contributed by atoms with Gasteiger partial charge < -0.3 is 19.5 Å². The number of ether oxygens (including phenoxy) is 3. The summed E-state index contributed by atoms with van der Waals surface area (Å²) in [6, 6.07) is -0.537. The van der Waals surface area contributed by atoms with Crippen molar-refractivity contribution in [2.24, 2.45) is 5.92 Å². The maximum Gasteiger partial charge on any atom is 0.410 e. The van der Waals surface area contributed by atoms with E-state index in [1.807, 2.05) is 0 Å². The van der Waals surface area contributed by atoms with Crippen LogP contribution in [-0.2, 0) is 19.0 Å². The van der Waals surface area contributed by atoms with Crippen LogP contribution in [0.3, 0.4) is 0 Å².